The molecule has 0 aliphatic heterocycles. The van der Waals surface area contributed by atoms with Crippen LogP contribution in [0.2, 0.25) is 0 Å². The largest absolute Gasteiger partial charge is 0.491 e. The minimum Gasteiger partial charge on any atom is -0.491 e. The van der Waals surface area contributed by atoms with Crippen molar-refractivity contribution in [1.29, 1.82) is 0 Å². The van der Waals surface area contributed by atoms with Crippen molar-refractivity contribution in [3.8, 4) is 5.75 Å². The lowest BCUT2D eigenvalue weighted by molar-refractivity contribution is 0.181. The Morgan fingerprint density at radius 3 is 1.85 bits per heavy atom. The summed E-state index contributed by atoms with van der Waals surface area (Å²) in [5.41, 5.74) is 2.01. The van der Waals surface area contributed by atoms with Crippen LogP contribution < -0.4 is 4.74 Å². The molecule has 4 rings (SSSR count). The van der Waals surface area contributed by atoms with E-state index in [1.807, 2.05) is 25.1 Å². The fourth-order valence-corrected chi connectivity index (χ4v) is 5.97. The maximum absolute atomic E-state index is 15.1. The number of hydrogen-bond acceptors (Lipinski definition) is 2. The highest BCUT2D eigenvalue weighted by molar-refractivity contribution is 5.32. The first kappa shape index (κ1) is 25.1. The van der Waals surface area contributed by atoms with E-state index in [0.717, 1.165) is 69.8 Å². The van der Waals surface area contributed by atoms with Crippen molar-refractivity contribution in [2.75, 3.05) is 13.2 Å². The first-order valence-corrected chi connectivity index (χ1v) is 13.0. The van der Waals surface area contributed by atoms with Crippen LogP contribution in [0.4, 0.5) is 13.2 Å². The zero-order valence-electron chi connectivity index (χ0n) is 20.2. The van der Waals surface area contributed by atoms with Crippen LogP contribution in [0.15, 0.2) is 30.3 Å². The second kappa shape index (κ2) is 11.6. The smallest absolute Gasteiger partial charge is 0.165 e. The zero-order valence-corrected chi connectivity index (χ0v) is 20.2. The molecule has 186 valence electrons. The van der Waals surface area contributed by atoms with Crippen LogP contribution in [0.3, 0.4) is 0 Å². The summed E-state index contributed by atoms with van der Waals surface area (Å²) in [6.07, 6.45) is 8.85. The van der Waals surface area contributed by atoms with Crippen LogP contribution in [0.5, 0.6) is 5.75 Å². The molecule has 0 saturated heterocycles. The van der Waals surface area contributed by atoms with E-state index >= 15 is 8.78 Å². The number of hydrogen-bond donors (Lipinski definition) is 1. The number of ether oxygens (including phenoxy) is 1. The molecule has 0 spiro atoms. The van der Waals surface area contributed by atoms with Crippen molar-refractivity contribution < 1.29 is 23.0 Å². The predicted octanol–water partition coefficient (Wildman–Crippen LogP) is 7.68. The van der Waals surface area contributed by atoms with E-state index < -0.39 is 11.6 Å². The molecule has 2 aliphatic carbocycles. The second-order valence-corrected chi connectivity index (χ2v) is 10.2. The van der Waals surface area contributed by atoms with Crippen LogP contribution in [-0.4, -0.2) is 18.3 Å². The minimum atomic E-state index is -0.662. The molecule has 2 aromatic rings. The quantitative estimate of drug-likeness (QED) is 0.425. The summed E-state index contributed by atoms with van der Waals surface area (Å²) in [5.74, 6) is -0.399. The SMILES string of the molecule is CCOc1ccc(CCC2CCC(c3ccc(C4CCC(CO)CC4)c(F)c3F)CC2)cc1F. The fraction of sp³-hybridized carbons (Fsp3) is 0.586. The Labute approximate surface area is 201 Å². The lowest BCUT2D eigenvalue weighted by atomic mass is 9.75. The van der Waals surface area contributed by atoms with Gasteiger partial charge in [0.15, 0.2) is 23.2 Å². The molecule has 2 nitrogen and oxygen atoms in total. The summed E-state index contributed by atoms with van der Waals surface area (Å²) < 4.78 is 49.4. The van der Waals surface area contributed by atoms with Gasteiger partial charge in [0.05, 0.1) is 6.61 Å². The summed E-state index contributed by atoms with van der Waals surface area (Å²) in [6.45, 7) is 2.46. The minimum absolute atomic E-state index is 0.0505. The average molecular weight is 475 g/mol. The van der Waals surface area contributed by atoms with Crippen molar-refractivity contribution in [3.05, 3.63) is 64.5 Å². The molecular weight excluding hydrogens is 437 g/mol. The number of aryl methyl sites for hydroxylation is 1. The van der Waals surface area contributed by atoms with Gasteiger partial charge in [-0.1, -0.05) is 18.2 Å². The Hall–Kier alpha value is -2.01. The van der Waals surface area contributed by atoms with Gasteiger partial charge in [-0.3, -0.25) is 0 Å². The Morgan fingerprint density at radius 1 is 0.794 bits per heavy atom. The van der Waals surface area contributed by atoms with Gasteiger partial charge < -0.3 is 9.84 Å². The monoisotopic (exact) mass is 474 g/mol. The maximum Gasteiger partial charge on any atom is 0.165 e. The van der Waals surface area contributed by atoms with Crippen molar-refractivity contribution in [2.45, 2.75) is 83.0 Å². The van der Waals surface area contributed by atoms with E-state index in [9.17, 15) is 9.50 Å². The van der Waals surface area contributed by atoms with Crippen molar-refractivity contribution in [3.63, 3.8) is 0 Å². The Kier molecular flexibility index (Phi) is 8.57. The van der Waals surface area contributed by atoms with Crippen molar-refractivity contribution >= 4 is 0 Å². The zero-order chi connectivity index (χ0) is 24.1. The molecule has 1 N–H and O–H groups in total. The summed E-state index contributed by atoms with van der Waals surface area (Å²) in [6, 6.07) is 8.82. The molecule has 0 bridgehead atoms. The molecular formula is C29H37F3O2. The topological polar surface area (TPSA) is 29.5 Å². The molecule has 0 radical (unpaired) electrons. The molecule has 2 aliphatic rings. The number of aliphatic hydroxyl groups is 1. The van der Waals surface area contributed by atoms with Crippen LogP contribution in [0.25, 0.3) is 0 Å². The molecule has 5 heteroatoms. The number of halogens is 3. The van der Waals surface area contributed by atoms with E-state index in [1.165, 1.54) is 0 Å². The van der Waals surface area contributed by atoms with Gasteiger partial charge >= 0.3 is 0 Å². The van der Waals surface area contributed by atoms with E-state index in [1.54, 1.807) is 12.1 Å². The van der Waals surface area contributed by atoms with Gasteiger partial charge in [-0.2, -0.15) is 0 Å². The number of rotatable bonds is 8. The summed E-state index contributed by atoms with van der Waals surface area (Å²) >= 11 is 0. The predicted molar refractivity (Wildman–Crippen MR) is 129 cm³/mol. The molecule has 2 fully saturated rings. The lowest BCUT2D eigenvalue weighted by Gasteiger charge is -2.30. The third-order valence-corrected chi connectivity index (χ3v) is 8.11. The number of benzene rings is 2. The molecule has 2 saturated carbocycles. The fourth-order valence-electron chi connectivity index (χ4n) is 5.97. The van der Waals surface area contributed by atoms with Gasteiger partial charge in [0.2, 0.25) is 0 Å². The maximum atomic E-state index is 15.1. The number of aliphatic hydroxyl groups excluding tert-OH is 1. The second-order valence-electron chi connectivity index (χ2n) is 10.2. The van der Waals surface area contributed by atoms with E-state index in [0.29, 0.717) is 35.3 Å². The molecule has 0 atom stereocenters. The first-order chi connectivity index (χ1) is 16.5. The highest BCUT2D eigenvalue weighted by Crippen LogP contribution is 2.42. The van der Waals surface area contributed by atoms with Gasteiger partial charge in [0.25, 0.3) is 0 Å². The Balaban J connectivity index is 1.31. The summed E-state index contributed by atoms with van der Waals surface area (Å²) in [4.78, 5) is 0. The van der Waals surface area contributed by atoms with Crippen LogP contribution in [0, 0.1) is 29.3 Å². The van der Waals surface area contributed by atoms with Crippen molar-refractivity contribution in [2.24, 2.45) is 11.8 Å². The van der Waals surface area contributed by atoms with Gasteiger partial charge in [-0.15, -0.1) is 0 Å². The molecule has 0 heterocycles. The van der Waals surface area contributed by atoms with Crippen LogP contribution in [0.1, 0.15) is 93.2 Å². The Bertz CT molecular complexity index is 945. The van der Waals surface area contributed by atoms with E-state index in [4.69, 9.17) is 4.74 Å². The average Bonchev–Trinajstić information content (AvgIpc) is 2.86. The normalized spacial score (nSPS) is 25.3. The van der Waals surface area contributed by atoms with Crippen molar-refractivity contribution in [1.82, 2.24) is 0 Å². The van der Waals surface area contributed by atoms with Gasteiger partial charge in [0, 0.05) is 6.61 Å². The van der Waals surface area contributed by atoms with E-state index in [-0.39, 0.29) is 24.3 Å². The Morgan fingerprint density at radius 2 is 1.35 bits per heavy atom. The lowest BCUT2D eigenvalue weighted by Crippen LogP contribution is -2.18. The third-order valence-electron chi connectivity index (χ3n) is 8.11. The van der Waals surface area contributed by atoms with Crippen LogP contribution >= 0.6 is 0 Å². The standard InChI is InChI=1S/C29H37F3O2/c1-2-34-27-16-9-20(17-26(27)30)4-3-19-5-10-22(11-6-19)24-14-15-25(29(32)28(24)31)23-12-7-21(18-33)8-13-23/h9,14-17,19,21-23,33H,2-8,10-13,18H2,1H3. The van der Waals surface area contributed by atoms with Gasteiger partial charge in [-0.25, -0.2) is 13.2 Å². The summed E-state index contributed by atoms with van der Waals surface area (Å²) in [7, 11) is 0. The molecule has 2 aromatic carbocycles. The van der Waals surface area contributed by atoms with Gasteiger partial charge in [0.1, 0.15) is 0 Å². The van der Waals surface area contributed by atoms with E-state index in [2.05, 4.69) is 0 Å². The van der Waals surface area contributed by atoms with Gasteiger partial charge in [-0.05, 0) is 124 Å². The molecule has 0 aromatic heterocycles. The first-order valence-electron chi connectivity index (χ1n) is 13.0. The summed E-state index contributed by atoms with van der Waals surface area (Å²) in [5, 5.41) is 9.32. The molecule has 0 amide bonds. The van der Waals surface area contributed by atoms with Crippen LogP contribution in [-0.2, 0) is 6.42 Å². The molecule has 34 heavy (non-hydrogen) atoms. The highest BCUT2D eigenvalue weighted by atomic mass is 19.2. The highest BCUT2D eigenvalue weighted by Gasteiger charge is 2.29. The third kappa shape index (κ3) is 5.79. The molecule has 0 unspecified atom stereocenters.